The van der Waals surface area contributed by atoms with E-state index in [0.29, 0.717) is 5.56 Å². The number of benzene rings is 3. The summed E-state index contributed by atoms with van der Waals surface area (Å²) in [6, 6.07) is 14.4. The highest BCUT2D eigenvalue weighted by Gasteiger charge is 2.11. The van der Waals surface area contributed by atoms with Crippen molar-refractivity contribution >= 4 is 22.9 Å². The highest BCUT2D eigenvalue weighted by Crippen LogP contribution is 2.25. The molecule has 0 atom stereocenters. The molecule has 0 spiro atoms. The Morgan fingerprint density at radius 3 is 2.21 bits per heavy atom. The summed E-state index contributed by atoms with van der Waals surface area (Å²) >= 11 is 0. The van der Waals surface area contributed by atoms with E-state index in [1.165, 1.54) is 30.5 Å². The van der Waals surface area contributed by atoms with Crippen LogP contribution in [0.25, 0.3) is 10.8 Å². The van der Waals surface area contributed by atoms with Crippen LogP contribution in [-0.2, 0) is 0 Å². The number of nitrogens with one attached hydrogen (secondary N) is 1. The number of phenolic OH excluding ortho intramolecular Hbond substituents is 3. The van der Waals surface area contributed by atoms with Crippen LogP contribution in [0.5, 0.6) is 17.2 Å². The Hall–Kier alpha value is -3.54. The first kappa shape index (κ1) is 15.4. The fraction of sp³-hybridized carbons (Fsp3) is 0. The molecule has 24 heavy (non-hydrogen) atoms. The zero-order chi connectivity index (χ0) is 17.1. The third-order valence-corrected chi connectivity index (χ3v) is 3.41. The number of hydrogen-bond donors (Lipinski definition) is 4. The Morgan fingerprint density at radius 2 is 1.54 bits per heavy atom. The van der Waals surface area contributed by atoms with Crippen molar-refractivity contribution in [1.29, 1.82) is 0 Å². The van der Waals surface area contributed by atoms with Gasteiger partial charge in [0.1, 0.15) is 17.2 Å². The summed E-state index contributed by atoms with van der Waals surface area (Å²) in [4.78, 5) is 12.1. The van der Waals surface area contributed by atoms with Crippen molar-refractivity contribution in [2.24, 2.45) is 5.10 Å². The number of nitrogens with zero attached hydrogens (tertiary/aromatic N) is 1. The first-order valence-corrected chi connectivity index (χ1v) is 7.11. The summed E-state index contributed by atoms with van der Waals surface area (Å²) in [5.41, 5.74) is 2.81. The highest BCUT2D eigenvalue weighted by molar-refractivity contribution is 6.01. The zero-order valence-corrected chi connectivity index (χ0v) is 12.5. The van der Waals surface area contributed by atoms with Gasteiger partial charge in [-0.05, 0) is 35.0 Å². The average molecular weight is 322 g/mol. The number of hydrazone groups is 1. The standard InChI is InChI=1S/C18H14N2O4/c21-14-5-11(6-15(22)9-14)10-19-20-18(24)16-7-12-3-1-2-4-13(12)8-17(16)23/h1-10,21-23H,(H,20,24). The van der Waals surface area contributed by atoms with Crippen LogP contribution in [0.15, 0.2) is 59.7 Å². The van der Waals surface area contributed by atoms with Crippen molar-refractivity contribution in [1.82, 2.24) is 5.43 Å². The molecule has 3 rings (SSSR count). The molecule has 120 valence electrons. The molecule has 6 nitrogen and oxygen atoms in total. The third-order valence-electron chi connectivity index (χ3n) is 3.41. The quantitative estimate of drug-likeness (QED) is 0.440. The molecule has 3 aromatic rings. The van der Waals surface area contributed by atoms with Gasteiger partial charge >= 0.3 is 0 Å². The Morgan fingerprint density at radius 1 is 0.917 bits per heavy atom. The number of amides is 1. The van der Waals surface area contributed by atoms with Crippen LogP contribution in [0.3, 0.4) is 0 Å². The van der Waals surface area contributed by atoms with Crippen molar-refractivity contribution in [3.8, 4) is 17.2 Å². The van der Waals surface area contributed by atoms with Crippen molar-refractivity contribution < 1.29 is 20.1 Å². The summed E-state index contributed by atoms with van der Waals surface area (Å²) in [6.45, 7) is 0. The topological polar surface area (TPSA) is 102 Å². The van der Waals surface area contributed by atoms with Gasteiger partial charge in [-0.1, -0.05) is 24.3 Å². The number of rotatable bonds is 3. The number of carbonyl (C=O) groups excluding carboxylic acids is 1. The van der Waals surface area contributed by atoms with Gasteiger partial charge in [0.2, 0.25) is 0 Å². The first-order chi connectivity index (χ1) is 11.5. The van der Waals surface area contributed by atoms with Crippen LogP contribution in [0.2, 0.25) is 0 Å². The third kappa shape index (κ3) is 3.27. The molecule has 1 amide bonds. The van der Waals surface area contributed by atoms with Crippen LogP contribution in [0, 0.1) is 0 Å². The number of carbonyl (C=O) groups is 1. The van der Waals surface area contributed by atoms with Crippen LogP contribution in [0.1, 0.15) is 15.9 Å². The second kappa shape index (κ2) is 6.29. The Balaban J connectivity index is 1.79. The normalized spacial score (nSPS) is 11.0. The van der Waals surface area contributed by atoms with Gasteiger partial charge in [0.05, 0.1) is 11.8 Å². The van der Waals surface area contributed by atoms with Crippen LogP contribution < -0.4 is 5.43 Å². The molecular weight excluding hydrogens is 308 g/mol. The predicted octanol–water partition coefficient (Wildman–Crippen LogP) is 2.72. The number of aromatic hydroxyl groups is 3. The maximum atomic E-state index is 12.1. The smallest absolute Gasteiger partial charge is 0.275 e. The van der Waals surface area contributed by atoms with E-state index in [1.807, 2.05) is 24.3 Å². The van der Waals surface area contributed by atoms with Gasteiger partial charge in [-0.3, -0.25) is 4.79 Å². The minimum atomic E-state index is -0.570. The monoisotopic (exact) mass is 322 g/mol. The summed E-state index contributed by atoms with van der Waals surface area (Å²) in [6.07, 6.45) is 1.27. The second-order valence-electron chi connectivity index (χ2n) is 5.20. The largest absolute Gasteiger partial charge is 0.508 e. The van der Waals surface area contributed by atoms with E-state index in [4.69, 9.17) is 0 Å². The lowest BCUT2D eigenvalue weighted by molar-refractivity contribution is 0.0952. The zero-order valence-electron chi connectivity index (χ0n) is 12.5. The van der Waals surface area contributed by atoms with E-state index in [1.54, 1.807) is 6.07 Å². The molecule has 0 saturated heterocycles. The Bertz CT molecular complexity index is 931. The molecule has 0 aliphatic heterocycles. The molecule has 6 heteroatoms. The van der Waals surface area contributed by atoms with Crippen LogP contribution in [-0.4, -0.2) is 27.4 Å². The SMILES string of the molecule is O=C(NN=Cc1cc(O)cc(O)c1)c1cc2ccccc2cc1O. The first-order valence-electron chi connectivity index (χ1n) is 7.11. The minimum absolute atomic E-state index is 0.101. The van der Waals surface area contributed by atoms with E-state index < -0.39 is 5.91 Å². The number of hydrogen-bond acceptors (Lipinski definition) is 5. The van der Waals surface area contributed by atoms with Gasteiger partial charge in [-0.25, -0.2) is 5.43 Å². The molecule has 0 fully saturated rings. The lowest BCUT2D eigenvalue weighted by Gasteiger charge is -2.05. The van der Waals surface area contributed by atoms with Gasteiger partial charge in [0, 0.05) is 11.6 Å². The molecule has 0 unspecified atom stereocenters. The minimum Gasteiger partial charge on any atom is -0.508 e. The maximum Gasteiger partial charge on any atom is 0.275 e. The van der Waals surface area contributed by atoms with E-state index in [9.17, 15) is 20.1 Å². The molecule has 0 aromatic heterocycles. The Kier molecular flexibility index (Phi) is 4.03. The maximum absolute atomic E-state index is 12.1. The van der Waals surface area contributed by atoms with E-state index in [0.717, 1.165) is 10.8 Å². The lowest BCUT2D eigenvalue weighted by atomic mass is 10.1. The van der Waals surface area contributed by atoms with Crippen LogP contribution in [0.4, 0.5) is 0 Å². The molecular formula is C18H14N2O4. The fourth-order valence-corrected chi connectivity index (χ4v) is 2.33. The van der Waals surface area contributed by atoms with Gasteiger partial charge in [0.25, 0.3) is 5.91 Å². The molecule has 0 saturated carbocycles. The highest BCUT2D eigenvalue weighted by atomic mass is 16.3. The van der Waals surface area contributed by atoms with E-state index in [-0.39, 0.29) is 22.8 Å². The molecule has 0 radical (unpaired) electrons. The van der Waals surface area contributed by atoms with Gasteiger partial charge in [-0.15, -0.1) is 0 Å². The number of phenols is 3. The average Bonchev–Trinajstić information content (AvgIpc) is 2.53. The number of fused-ring (bicyclic) bond motifs is 1. The van der Waals surface area contributed by atoms with Crippen molar-refractivity contribution in [3.05, 3.63) is 65.7 Å². The molecule has 4 N–H and O–H groups in total. The van der Waals surface area contributed by atoms with Crippen LogP contribution >= 0.6 is 0 Å². The van der Waals surface area contributed by atoms with Crippen molar-refractivity contribution in [2.45, 2.75) is 0 Å². The lowest BCUT2D eigenvalue weighted by Crippen LogP contribution is -2.17. The summed E-state index contributed by atoms with van der Waals surface area (Å²) in [5.74, 6) is -0.944. The van der Waals surface area contributed by atoms with Gasteiger partial charge in [0.15, 0.2) is 0 Å². The molecule has 0 aliphatic rings. The van der Waals surface area contributed by atoms with E-state index >= 15 is 0 Å². The summed E-state index contributed by atoms with van der Waals surface area (Å²) in [7, 11) is 0. The molecule has 0 aliphatic carbocycles. The second-order valence-corrected chi connectivity index (χ2v) is 5.20. The van der Waals surface area contributed by atoms with E-state index in [2.05, 4.69) is 10.5 Å². The van der Waals surface area contributed by atoms with Gasteiger partial charge in [-0.2, -0.15) is 5.10 Å². The van der Waals surface area contributed by atoms with Crippen molar-refractivity contribution in [2.75, 3.05) is 0 Å². The molecule has 3 aromatic carbocycles. The summed E-state index contributed by atoms with van der Waals surface area (Å²) in [5, 5.41) is 34.1. The van der Waals surface area contributed by atoms with Crippen molar-refractivity contribution in [3.63, 3.8) is 0 Å². The summed E-state index contributed by atoms with van der Waals surface area (Å²) < 4.78 is 0. The van der Waals surface area contributed by atoms with Gasteiger partial charge < -0.3 is 15.3 Å². The fourth-order valence-electron chi connectivity index (χ4n) is 2.33. The molecule has 0 heterocycles. The Labute approximate surface area is 137 Å². The predicted molar refractivity (Wildman–Crippen MR) is 90.4 cm³/mol. The molecule has 0 bridgehead atoms.